The van der Waals surface area contributed by atoms with Crippen LogP contribution in [-0.4, -0.2) is 23.2 Å². The van der Waals surface area contributed by atoms with Crippen molar-refractivity contribution in [3.8, 4) is 5.82 Å². The molecule has 0 atom stereocenters. The van der Waals surface area contributed by atoms with Crippen molar-refractivity contribution in [2.45, 2.75) is 11.1 Å². The minimum Gasteiger partial charge on any atom is -0.263 e. The molecule has 0 unspecified atom stereocenters. The average Bonchev–Trinajstić information content (AvgIpc) is 3.09. The van der Waals surface area contributed by atoms with Crippen LogP contribution in [0.3, 0.4) is 0 Å². The van der Waals surface area contributed by atoms with E-state index in [2.05, 4.69) is 14.8 Å². The lowest BCUT2D eigenvalue weighted by Gasteiger charge is -2.08. The zero-order valence-electron chi connectivity index (χ0n) is 11.1. The second-order valence-electron chi connectivity index (χ2n) is 4.31. The van der Waals surface area contributed by atoms with Gasteiger partial charge in [0.05, 0.1) is 5.69 Å². The average molecular weight is 320 g/mol. The topological polar surface area (TPSA) is 76.9 Å². The van der Waals surface area contributed by atoms with Gasteiger partial charge >= 0.3 is 0 Å². The molecule has 0 fully saturated rings. The summed E-state index contributed by atoms with van der Waals surface area (Å²) >= 11 is 1.16. The number of thiophene rings is 1. The van der Waals surface area contributed by atoms with E-state index in [0.29, 0.717) is 17.3 Å². The van der Waals surface area contributed by atoms with Gasteiger partial charge in [-0.25, -0.2) is 13.4 Å². The fraction of sp³-hybridized carbons (Fsp3) is 0.0769. The third kappa shape index (κ3) is 2.81. The zero-order chi connectivity index (χ0) is 14.9. The molecule has 3 heterocycles. The van der Waals surface area contributed by atoms with Crippen molar-refractivity contribution in [2.75, 3.05) is 4.72 Å². The molecule has 0 aliphatic heterocycles. The second-order valence-corrected chi connectivity index (χ2v) is 7.17. The normalized spacial score (nSPS) is 11.5. The summed E-state index contributed by atoms with van der Waals surface area (Å²) in [6.45, 7) is 1.79. The standard InChI is InChI=1S/C13H12N4O2S2/c1-10-9-12(16-21(18,19)13-6-4-8-20-13)17(15-10)11-5-2-3-7-14-11/h2-9,16H,1H3. The Labute approximate surface area is 126 Å². The number of pyridine rings is 1. The fourth-order valence-electron chi connectivity index (χ4n) is 1.83. The van der Waals surface area contributed by atoms with Gasteiger partial charge in [-0.3, -0.25) is 4.72 Å². The quantitative estimate of drug-likeness (QED) is 0.801. The summed E-state index contributed by atoms with van der Waals surface area (Å²) in [6.07, 6.45) is 1.63. The van der Waals surface area contributed by atoms with Crippen LogP contribution in [0.15, 0.2) is 52.2 Å². The molecule has 108 valence electrons. The molecule has 8 heteroatoms. The molecule has 3 aromatic rings. The van der Waals surface area contributed by atoms with Gasteiger partial charge < -0.3 is 0 Å². The number of nitrogens with zero attached hydrogens (tertiary/aromatic N) is 3. The largest absolute Gasteiger partial charge is 0.272 e. The number of aryl methyl sites for hydroxylation is 1. The monoisotopic (exact) mass is 320 g/mol. The molecule has 0 amide bonds. The molecule has 6 nitrogen and oxygen atoms in total. The maximum absolute atomic E-state index is 12.3. The Hall–Kier alpha value is -2.19. The molecule has 0 saturated heterocycles. The van der Waals surface area contributed by atoms with Crippen molar-refractivity contribution in [1.82, 2.24) is 14.8 Å². The van der Waals surface area contributed by atoms with Crippen LogP contribution in [0.5, 0.6) is 0 Å². The number of anilines is 1. The number of aromatic nitrogens is 3. The first-order valence-corrected chi connectivity index (χ1v) is 8.47. The third-order valence-corrected chi connectivity index (χ3v) is 5.45. The van der Waals surface area contributed by atoms with Crippen LogP contribution in [0.4, 0.5) is 5.82 Å². The van der Waals surface area contributed by atoms with Gasteiger partial charge in [0.25, 0.3) is 10.0 Å². The van der Waals surface area contributed by atoms with Gasteiger partial charge in [0.1, 0.15) is 10.0 Å². The maximum atomic E-state index is 12.3. The van der Waals surface area contributed by atoms with Gasteiger partial charge in [0.2, 0.25) is 0 Å². The molecular weight excluding hydrogens is 308 g/mol. The van der Waals surface area contributed by atoms with Gasteiger partial charge in [0, 0.05) is 12.3 Å². The molecule has 21 heavy (non-hydrogen) atoms. The highest BCUT2D eigenvalue weighted by molar-refractivity contribution is 7.94. The van der Waals surface area contributed by atoms with Crippen LogP contribution >= 0.6 is 11.3 Å². The molecule has 0 aromatic carbocycles. The van der Waals surface area contributed by atoms with E-state index in [1.54, 1.807) is 48.8 Å². The van der Waals surface area contributed by atoms with Crippen LogP contribution in [0.2, 0.25) is 0 Å². The van der Waals surface area contributed by atoms with Crippen molar-refractivity contribution >= 4 is 27.2 Å². The van der Waals surface area contributed by atoms with E-state index in [4.69, 9.17) is 0 Å². The molecular formula is C13H12N4O2S2. The van der Waals surface area contributed by atoms with Crippen molar-refractivity contribution in [3.05, 3.63) is 53.7 Å². The lowest BCUT2D eigenvalue weighted by atomic mass is 10.4. The molecule has 0 radical (unpaired) electrons. The lowest BCUT2D eigenvalue weighted by Crippen LogP contribution is -2.15. The highest BCUT2D eigenvalue weighted by Crippen LogP contribution is 2.22. The van der Waals surface area contributed by atoms with E-state index in [9.17, 15) is 8.42 Å². The lowest BCUT2D eigenvalue weighted by molar-refractivity contribution is 0.602. The number of nitrogens with one attached hydrogen (secondary N) is 1. The number of hydrogen-bond acceptors (Lipinski definition) is 5. The number of hydrogen-bond donors (Lipinski definition) is 1. The number of sulfonamides is 1. The van der Waals surface area contributed by atoms with Crippen LogP contribution in [-0.2, 0) is 10.0 Å². The van der Waals surface area contributed by atoms with Crippen LogP contribution < -0.4 is 4.72 Å². The third-order valence-electron chi connectivity index (χ3n) is 2.70. The molecule has 0 saturated carbocycles. The second kappa shape index (κ2) is 5.30. The van der Waals surface area contributed by atoms with Gasteiger partial charge in [-0.05, 0) is 30.5 Å². The maximum Gasteiger partial charge on any atom is 0.272 e. The van der Waals surface area contributed by atoms with E-state index in [-0.39, 0.29) is 4.21 Å². The van der Waals surface area contributed by atoms with Gasteiger partial charge in [-0.2, -0.15) is 9.78 Å². The summed E-state index contributed by atoms with van der Waals surface area (Å²) in [5, 5.41) is 6.00. The Kier molecular flexibility index (Phi) is 3.48. The molecule has 0 aliphatic carbocycles. The summed E-state index contributed by atoms with van der Waals surface area (Å²) in [4.78, 5) is 4.18. The predicted octanol–water partition coefficient (Wildman–Crippen LogP) is 2.44. The highest BCUT2D eigenvalue weighted by atomic mass is 32.2. The minimum absolute atomic E-state index is 0.258. The van der Waals surface area contributed by atoms with Crippen LogP contribution in [0, 0.1) is 6.92 Å². The van der Waals surface area contributed by atoms with Gasteiger partial charge in [-0.15, -0.1) is 11.3 Å². The van der Waals surface area contributed by atoms with Crippen LogP contribution in [0.25, 0.3) is 5.82 Å². The first-order chi connectivity index (χ1) is 10.1. The van der Waals surface area contributed by atoms with Crippen molar-refractivity contribution < 1.29 is 8.42 Å². The molecule has 3 rings (SSSR count). The Morgan fingerprint density at radius 1 is 1.24 bits per heavy atom. The smallest absolute Gasteiger partial charge is 0.263 e. The van der Waals surface area contributed by atoms with E-state index in [0.717, 1.165) is 11.3 Å². The molecule has 0 aliphatic rings. The van der Waals surface area contributed by atoms with Crippen molar-refractivity contribution in [2.24, 2.45) is 0 Å². The minimum atomic E-state index is -3.61. The van der Waals surface area contributed by atoms with Crippen molar-refractivity contribution in [3.63, 3.8) is 0 Å². The van der Waals surface area contributed by atoms with Crippen LogP contribution in [0.1, 0.15) is 5.69 Å². The Balaban J connectivity index is 2.01. The summed E-state index contributed by atoms with van der Waals surface area (Å²) in [5.74, 6) is 0.911. The predicted molar refractivity (Wildman–Crippen MR) is 81.2 cm³/mol. The summed E-state index contributed by atoms with van der Waals surface area (Å²) in [5.41, 5.74) is 0.699. The first kappa shape index (κ1) is 13.8. The first-order valence-electron chi connectivity index (χ1n) is 6.11. The molecule has 0 spiro atoms. The van der Waals surface area contributed by atoms with E-state index in [1.807, 2.05) is 6.07 Å². The molecule has 0 bridgehead atoms. The Morgan fingerprint density at radius 2 is 2.10 bits per heavy atom. The van der Waals surface area contributed by atoms with Gasteiger partial charge in [0.15, 0.2) is 5.82 Å². The SMILES string of the molecule is Cc1cc(NS(=O)(=O)c2cccs2)n(-c2ccccn2)n1. The van der Waals surface area contributed by atoms with E-state index >= 15 is 0 Å². The fourth-order valence-corrected chi connectivity index (χ4v) is 3.86. The Morgan fingerprint density at radius 3 is 2.76 bits per heavy atom. The zero-order valence-corrected chi connectivity index (χ0v) is 12.7. The summed E-state index contributed by atoms with van der Waals surface area (Å²) < 4.78 is 28.9. The number of rotatable bonds is 4. The summed E-state index contributed by atoms with van der Waals surface area (Å²) in [7, 11) is -3.61. The molecule has 3 aromatic heterocycles. The van der Waals surface area contributed by atoms with E-state index in [1.165, 1.54) is 4.68 Å². The molecule has 1 N–H and O–H groups in total. The van der Waals surface area contributed by atoms with Crippen molar-refractivity contribution in [1.29, 1.82) is 0 Å². The Bertz CT molecular complexity index is 840. The van der Waals surface area contributed by atoms with Gasteiger partial charge in [-0.1, -0.05) is 12.1 Å². The van der Waals surface area contributed by atoms with E-state index < -0.39 is 10.0 Å². The highest BCUT2D eigenvalue weighted by Gasteiger charge is 2.19. The summed E-state index contributed by atoms with van der Waals surface area (Å²) in [6, 6.07) is 10.3.